The van der Waals surface area contributed by atoms with Crippen LogP contribution in [0.25, 0.3) is 0 Å². The minimum atomic E-state index is 0.0108. The smallest absolute Gasteiger partial charge is 0.276 e. The monoisotopic (exact) mass is 309 g/mol. The van der Waals surface area contributed by atoms with E-state index in [0.717, 1.165) is 15.3 Å². The number of aromatic nitrogens is 3. The molecule has 1 aliphatic heterocycles. The summed E-state index contributed by atoms with van der Waals surface area (Å²) in [6.45, 7) is 1.70. The molecule has 0 saturated carbocycles. The number of aryl methyl sites for hydroxylation is 1. The first-order valence-corrected chi connectivity index (χ1v) is 6.39. The van der Waals surface area contributed by atoms with Gasteiger partial charge in [0.15, 0.2) is 5.16 Å². The Kier molecular flexibility index (Phi) is 2.59. The number of thioether (sulfide) groups is 1. The minimum Gasteiger partial charge on any atom is -0.280 e. The lowest BCUT2D eigenvalue weighted by Crippen LogP contribution is -2.28. The lowest BCUT2D eigenvalue weighted by atomic mass is 10.4. The van der Waals surface area contributed by atoms with Crippen LogP contribution in [0.15, 0.2) is 9.95 Å². The summed E-state index contributed by atoms with van der Waals surface area (Å²) in [5, 5.41) is 8.56. The van der Waals surface area contributed by atoms with Gasteiger partial charge in [0.05, 0.1) is 6.04 Å². The summed E-state index contributed by atoms with van der Waals surface area (Å²) < 4.78 is 2.71. The number of hydrogen-bond donors (Lipinski definition) is 0. The van der Waals surface area contributed by atoms with Crippen LogP contribution < -0.4 is 5.56 Å². The molecule has 0 bridgehead atoms. The average molecular weight is 309 g/mol. The molecule has 1 aliphatic rings. The highest BCUT2D eigenvalue weighted by atomic mass is 127. The summed E-state index contributed by atoms with van der Waals surface area (Å²) in [6, 6.07) is 0.294. The predicted octanol–water partition coefficient (Wildman–Crippen LogP) is 1.03. The third-order valence-electron chi connectivity index (χ3n) is 1.97. The van der Waals surface area contributed by atoms with E-state index in [4.69, 9.17) is 0 Å². The average Bonchev–Trinajstić information content (AvgIpc) is 2.55. The summed E-state index contributed by atoms with van der Waals surface area (Å²) >= 11 is 3.90. The lowest BCUT2D eigenvalue weighted by Gasteiger charge is -2.08. The van der Waals surface area contributed by atoms with Crippen LogP contribution in [0.2, 0.25) is 0 Å². The third-order valence-corrected chi connectivity index (χ3v) is 4.07. The van der Waals surface area contributed by atoms with E-state index in [1.807, 2.05) is 0 Å². The first-order chi connectivity index (χ1) is 6.24. The normalized spacial score (nSPS) is 20.3. The van der Waals surface area contributed by atoms with Gasteiger partial charge in [-0.25, -0.2) is 0 Å². The molecule has 0 aliphatic carbocycles. The molecular weight excluding hydrogens is 301 g/mol. The highest BCUT2D eigenvalue weighted by molar-refractivity contribution is 14.1. The van der Waals surface area contributed by atoms with Crippen molar-refractivity contribution in [2.24, 2.45) is 0 Å². The molecule has 1 aromatic heterocycles. The third kappa shape index (κ3) is 1.50. The van der Waals surface area contributed by atoms with Crippen molar-refractivity contribution >= 4 is 34.4 Å². The lowest BCUT2D eigenvalue weighted by molar-refractivity contribution is 0.531. The van der Waals surface area contributed by atoms with Gasteiger partial charge in [0.1, 0.15) is 5.69 Å². The van der Waals surface area contributed by atoms with E-state index in [2.05, 4.69) is 32.8 Å². The summed E-state index contributed by atoms with van der Waals surface area (Å²) in [5.41, 5.74) is 0.498. The molecule has 0 amide bonds. The zero-order chi connectivity index (χ0) is 9.42. The molecule has 6 heteroatoms. The molecule has 0 saturated heterocycles. The van der Waals surface area contributed by atoms with E-state index >= 15 is 0 Å². The molecular formula is C7H8IN3OS. The molecule has 0 N–H and O–H groups in total. The second-order valence-corrected chi connectivity index (χ2v) is 4.73. The van der Waals surface area contributed by atoms with Crippen LogP contribution in [0.3, 0.4) is 0 Å². The SMILES string of the molecule is Cc1nnc2n(c1=O)[C@@H](CI)CS2. The van der Waals surface area contributed by atoms with Gasteiger partial charge in [-0.15, -0.1) is 10.2 Å². The number of nitrogens with zero attached hydrogens (tertiary/aromatic N) is 3. The number of fused-ring (bicyclic) bond motifs is 1. The van der Waals surface area contributed by atoms with Crippen molar-refractivity contribution in [3.8, 4) is 0 Å². The maximum atomic E-state index is 11.7. The van der Waals surface area contributed by atoms with Gasteiger partial charge in [0.2, 0.25) is 0 Å². The van der Waals surface area contributed by atoms with E-state index in [-0.39, 0.29) is 5.56 Å². The fourth-order valence-corrected chi connectivity index (χ4v) is 3.46. The Morgan fingerprint density at radius 1 is 1.69 bits per heavy atom. The second kappa shape index (κ2) is 3.56. The molecule has 0 fully saturated rings. The second-order valence-electron chi connectivity index (χ2n) is 2.86. The zero-order valence-electron chi connectivity index (χ0n) is 7.03. The van der Waals surface area contributed by atoms with Gasteiger partial charge in [-0.05, 0) is 6.92 Å². The van der Waals surface area contributed by atoms with Gasteiger partial charge in [0, 0.05) is 10.2 Å². The minimum absolute atomic E-state index is 0.0108. The van der Waals surface area contributed by atoms with Gasteiger partial charge in [-0.1, -0.05) is 34.4 Å². The number of hydrogen-bond acceptors (Lipinski definition) is 4. The Bertz CT molecular complexity index is 392. The van der Waals surface area contributed by atoms with Crippen molar-refractivity contribution in [2.45, 2.75) is 18.1 Å². The standard InChI is InChI=1S/C7H8IN3OS/c1-4-6(12)11-5(2-8)3-13-7(11)10-9-4/h5H,2-3H2,1H3/t5-/m0/s1. The molecule has 0 spiro atoms. The van der Waals surface area contributed by atoms with Crippen molar-refractivity contribution in [3.05, 3.63) is 16.0 Å². The molecule has 2 rings (SSSR count). The first-order valence-electron chi connectivity index (χ1n) is 3.88. The van der Waals surface area contributed by atoms with Gasteiger partial charge in [0.25, 0.3) is 5.56 Å². The largest absolute Gasteiger partial charge is 0.280 e. The Morgan fingerprint density at radius 3 is 3.15 bits per heavy atom. The molecule has 2 heterocycles. The van der Waals surface area contributed by atoms with Gasteiger partial charge < -0.3 is 0 Å². The Hall–Kier alpha value is -0.110. The summed E-state index contributed by atoms with van der Waals surface area (Å²) in [6.07, 6.45) is 0. The van der Waals surface area contributed by atoms with Crippen molar-refractivity contribution in [2.75, 3.05) is 10.2 Å². The topological polar surface area (TPSA) is 47.8 Å². The molecule has 0 aromatic carbocycles. The van der Waals surface area contributed by atoms with Crippen LogP contribution in [0.4, 0.5) is 0 Å². The quantitative estimate of drug-likeness (QED) is 0.574. The maximum Gasteiger partial charge on any atom is 0.276 e. The summed E-state index contributed by atoms with van der Waals surface area (Å²) in [7, 11) is 0. The fraction of sp³-hybridized carbons (Fsp3) is 0.571. The number of alkyl halides is 1. The molecule has 0 radical (unpaired) electrons. The van der Waals surface area contributed by atoms with Crippen LogP contribution in [0.1, 0.15) is 11.7 Å². The molecule has 1 aromatic rings. The van der Waals surface area contributed by atoms with Crippen LogP contribution >= 0.6 is 34.4 Å². The fourth-order valence-electron chi connectivity index (χ4n) is 1.25. The van der Waals surface area contributed by atoms with Crippen LogP contribution in [0, 0.1) is 6.92 Å². The summed E-state index contributed by atoms with van der Waals surface area (Å²) in [5.74, 6) is 0.941. The number of rotatable bonds is 1. The Balaban J connectivity index is 2.61. The van der Waals surface area contributed by atoms with Crippen molar-refractivity contribution in [3.63, 3.8) is 0 Å². The van der Waals surface area contributed by atoms with Crippen LogP contribution in [-0.2, 0) is 0 Å². The van der Waals surface area contributed by atoms with Crippen LogP contribution in [0.5, 0.6) is 0 Å². The Morgan fingerprint density at radius 2 is 2.46 bits per heavy atom. The highest BCUT2D eigenvalue weighted by Crippen LogP contribution is 2.30. The molecule has 1 atom stereocenters. The van der Waals surface area contributed by atoms with Gasteiger partial charge >= 0.3 is 0 Å². The van der Waals surface area contributed by atoms with E-state index in [1.54, 1.807) is 23.3 Å². The zero-order valence-corrected chi connectivity index (χ0v) is 10.0. The molecule has 70 valence electrons. The molecule has 0 unspecified atom stereocenters. The summed E-state index contributed by atoms with van der Waals surface area (Å²) in [4.78, 5) is 11.7. The first kappa shape index (κ1) is 9.45. The van der Waals surface area contributed by atoms with E-state index < -0.39 is 0 Å². The number of halogens is 1. The van der Waals surface area contributed by atoms with Gasteiger partial charge in [-0.2, -0.15) is 0 Å². The van der Waals surface area contributed by atoms with Crippen molar-refractivity contribution in [1.29, 1.82) is 0 Å². The predicted molar refractivity (Wildman–Crippen MR) is 59.7 cm³/mol. The van der Waals surface area contributed by atoms with E-state index in [0.29, 0.717) is 11.7 Å². The molecule has 4 nitrogen and oxygen atoms in total. The van der Waals surface area contributed by atoms with Gasteiger partial charge in [-0.3, -0.25) is 9.36 Å². The van der Waals surface area contributed by atoms with Crippen LogP contribution in [-0.4, -0.2) is 24.9 Å². The van der Waals surface area contributed by atoms with E-state index in [9.17, 15) is 4.79 Å². The van der Waals surface area contributed by atoms with E-state index in [1.165, 1.54) is 0 Å². The highest BCUT2D eigenvalue weighted by Gasteiger charge is 2.25. The van der Waals surface area contributed by atoms with Crippen molar-refractivity contribution < 1.29 is 0 Å². The molecule has 13 heavy (non-hydrogen) atoms. The van der Waals surface area contributed by atoms with Crippen molar-refractivity contribution in [1.82, 2.24) is 14.8 Å². The Labute approximate surface area is 93.3 Å². The maximum absolute atomic E-state index is 11.7.